The van der Waals surface area contributed by atoms with Crippen molar-refractivity contribution in [2.75, 3.05) is 18.9 Å². The molecule has 1 aliphatic heterocycles. The van der Waals surface area contributed by atoms with Gasteiger partial charge in [0.15, 0.2) is 0 Å². The molecular formula is C13H17N3O2. The number of anilines is 1. The lowest BCUT2D eigenvalue weighted by atomic mass is 10.1. The van der Waals surface area contributed by atoms with Crippen LogP contribution in [0.3, 0.4) is 0 Å². The van der Waals surface area contributed by atoms with Crippen LogP contribution in [-0.4, -0.2) is 31.4 Å². The van der Waals surface area contributed by atoms with Crippen LogP contribution in [0.5, 0.6) is 0 Å². The predicted molar refractivity (Wildman–Crippen MR) is 69.6 cm³/mol. The van der Waals surface area contributed by atoms with Gasteiger partial charge >= 0.3 is 0 Å². The summed E-state index contributed by atoms with van der Waals surface area (Å²) in [5.41, 5.74) is 2.49. The Morgan fingerprint density at radius 3 is 2.83 bits per heavy atom. The van der Waals surface area contributed by atoms with Gasteiger partial charge in [0.05, 0.1) is 11.6 Å². The van der Waals surface area contributed by atoms with E-state index in [9.17, 15) is 9.59 Å². The molecule has 1 heterocycles. The molecule has 1 aromatic rings. The van der Waals surface area contributed by atoms with Crippen molar-refractivity contribution in [3.05, 3.63) is 29.3 Å². The Kier molecular flexibility index (Phi) is 3.50. The highest BCUT2D eigenvalue weighted by Gasteiger charge is 2.24. The van der Waals surface area contributed by atoms with Crippen molar-refractivity contribution in [2.24, 2.45) is 0 Å². The van der Waals surface area contributed by atoms with Gasteiger partial charge in [0.1, 0.15) is 0 Å². The molecule has 1 atom stereocenters. The third-order valence-electron chi connectivity index (χ3n) is 3.00. The SMILES string of the molecule is CNc1cc(C)ccc1C(=O)NC1CNC(=O)C1. The number of nitrogens with one attached hydrogen (secondary N) is 3. The summed E-state index contributed by atoms with van der Waals surface area (Å²) in [6.07, 6.45) is 0.354. The summed E-state index contributed by atoms with van der Waals surface area (Å²) >= 11 is 0. The Hall–Kier alpha value is -2.04. The molecule has 1 aromatic carbocycles. The van der Waals surface area contributed by atoms with E-state index in [0.29, 0.717) is 18.5 Å². The summed E-state index contributed by atoms with van der Waals surface area (Å²) in [4.78, 5) is 23.2. The second-order valence-corrected chi connectivity index (χ2v) is 4.48. The van der Waals surface area contributed by atoms with E-state index in [-0.39, 0.29) is 17.9 Å². The molecule has 1 unspecified atom stereocenters. The summed E-state index contributed by atoms with van der Waals surface area (Å²) in [6.45, 7) is 2.48. The number of hydrogen-bond acceptors (Lipinski definition) is 3. The Morgan fingerprint density at radius 1 is 1.44 bits per heavy atom. The monoisotopic (exact) mass is 247 g/mol. The average Bonchev–Trinajstić information content (AvgIpc) is 2.74. The van der Waals surface area contributed by atoms with Gasteiger partial charge in [0, 0.05) is 25.7 Å². The topological polar surface area (TPSA) is 70.2 Å². The Bertz CT molecular complexity index is 485. The lowest BCUT2D eigenvalue weighted by Gasteiger charge is -2.13. The van der Waals surface area contributed by atoms with Crippen molar-refractivity contribution >= 4 is 17.5 Å². The Balaban J connectivity index is 2.11. The molecule has 0 radical (unpaired) electrons. The molecule has 5 nitrogen and oxygen atoms in total. The summed E-state index contributed by atoms with van der Waals surface area (Å²) < 4.78 is 0. The lowest BCUT2D eigenvalue weighted by molar-refractivity contribution is -0.119. The first-order chi connectivity index (χ1) is 8.60. The molecule has 0 spiro atoms. The van der Waals surface area contributed by atoms with Crippen molar-refractivity contribution < 1.29 is 9.59 Å². The lowest BCUT2D eigenvalue weighted by Crippen LogP contribution is -2.36. The maximum Gasteiger partial charge on any atom is 0.253 e. The van der Waals surface area contributed by atoms with Gasteiger partial charge in [-0.3, -0.25) is 9.59 Å². The van der Waals surface area contributed by atoms with Crippen LogP contribution >= 0.6 is 0 Å². The molecule has 0 saturated carbocycles. The zero-order valence-electron chi connectivity index (χ0n) is 10.5. The molecule has 3 N–H and O–H groups in total. The highest BCUT2D eigenvalue weighted by atomic mass is 16.2. The van der Waals surface area contributed by atoms with Gasteiger partial charge in [-0.05, 0) is 24.6 Å². The van der Waals surface area contributed by atoms with E-state index in [2.05, 4.69) is 16.0 Å². The summed E-state index contributed by atoms with van der Waals surface area (Å²) in [5, 5.41) is 8.56. The molecule has 2 amide bonds. The van der Waals surface area contributed by atoms with E-state index in [4.69, 9.17) is 0 Å². The van der Waals surface area contributed by atoms with Gasteiger partial charge < -0.3 is 16.0 Å². The van der Waals surface area contributed by atoms with Crippen molar-refractivity contribution in [1.29, 1.82) is 0 Å². The van der Waals surface area contributed by atoms with Crippen LogP contribution in [0.1, 0.15) is 22.3 Å². The standard InChI is InChI=1S/C13H17N3O2/c1-8-3-4-10(11(5-8)14-2)13(18)16-9-6-12(17)15-7-9/h3-5,9,14H,6-7H2,1-2H3,(H,15,17)(H,16,18). The third kappa shape index (κ3) is 2.61. The van der Waals surface area contributed by atoms with Crippen LogP contribution < -0.4 is 16.0 Å². The molecule has 1 saturated heterocycles. The number of rotatable bonds is 3. The quantitative estimate of drug-likeness (QED) is 0.734. The molecule has 0 bridgehead atoms. The van der Waals surface area contributed by atoms with Crippen LogP contribution in [0, 0.1) is 6.92 Å². The maximum absolute atomic E-state index is 12.1. The van der Waals surface area contributed by atoms with Crippen molar-refractivity contribution in [3.63, 3.8) is 0 Å². The first kappa shape index (κ1) is 12.4. The van der Waals surface area contributed by atoms with Crippen LogP contribution in [0.15, 0.2) is 18.2 Å². The maximum atomic E-state index is 12.1. The zero-order valence-corrected chi connectivity index (χ0v) is 10.5. The number of aryl methyl sites for hydroxylation is 1. The predicted octanol–water partition coefficient (Wildman–Crippen LogP) is 0.655. The van der Waals surface area contributed by atoms with Crippen LogP contribution in [0.2, 0.25) is 0 Å². The van der Waals surface area contributed by atoms with E-state index in [1.807, 2.05) is 19.1 Å². The number of hydrogen-bond donors (Lipinski definition) is 3. The molecule has 5 heteroatoms. The molecule has 96 valence electrons. The molecule has 1 fully saturated rings. The second-order valence-electron chi connectivity index (χ2n) is 4.48. The van der Waals surface area contributed by atoms with Crippen molar-refractivity contribution in [3.8, 4) is 0 Å². The summed E-state index contributed by atoms with van der Waals surface area (Å²) in [6, 6.07) is 5.50. The first-order valence-corrected chi connectivity index (χ1v) is 5.96. The number of carbonyl (C=O) groups is 2. The fourth-order valence-electron chi connectivity index (χ4n) is 2.03. The van der Waals surface area contributed by atoms with Gasteiger partial charge in [-0.15, -0.1) is 0 Å². The van der Waals surface area contributed by atoms with Gasteiger partial charge in [0.25, 0.3) is 5.91 Å². The summed E-state index contributed by atoms with van der Waals surface area (Å²) in [5.74, 6) is -0.168. The molecule has 18 heavy (non-hydrogen) atoms. The largest absolute Gasteiger partial charge is 0.387 e. The normalized spacial score (nSPS) is 18.3. The van der Waals surface area contributed by atoms with Gasteiger partial charge in [-0.25, -0.2) is 0 Å². The van der Waals surface area contributed by atoms with E-state index in [1.165, 1.54) is 0 Å². The third-order valence-corrected chi connectivity index (χ3v) is 3.00. The minimum absolute atomic E-state index is 0.0157. The number of amides is 2. The highest BCUT2D eigenvalue weighted by Crippen LogP contribution is 2.17. The van der Waals surface area contributed by atoms with E-state index >= 15 is 0 Å². The fourth-order valence-corrected chi connectivity index (χ4v) is 2.03. The molecule has 0 aromatic heterocycles. The van der Waals surface area contributed by atoms with Crippen molar-refractivity contribution in [2.45, 2.75) is 19.4 Å². The minimum atomic E-state index is -0.152. The number of benzene rings is 1. The van der Waals surface area contributed by atoms with Gasteiger partial charge in [0.2, 0.25) is 5.91 Å². The van der Waals surface area contributed by atoms with E-state index in [0.717, 1.165) is 11.3 Å². The van der Waals surface area contributed by atoms with E-state index in [1.54, 1.807) is 13.1 Å². The van der Waals surface area contributed by atoms with Crippen LogP contribution in [-0.2, 0) is 4.79 Å². The van der Waals surface area contributed by atoms with Crippen molar-refractivity contribution in [1.82, 2.24) is 10.6 Å². The smallest absolute Gasteiger partial charge is 0.253 e. The average molecular weight is 247 g/mol. The second kappa shape index (κ2) is 5.08. The molecule has 2 rings (SSSR count). The molecule has 1 aliphatic rings. The summed E-state index contributed by atoms with van der Waals surface area (Å²) in [7, 11) is 1.78. The minimum Gasteiger partial charge on any atom is -0.387 e. The number of carbonyl (C=O) groups excluding carboxylic acids is 2. The molecular weight excluding hydrogens is 230 g/mol. The highest BCUT2D eigenvalue weighted by molar-refractivity contribution is 6.00. The first-order valence-electron chi connectivity index (χ1n) is 5.96. The Labute approximate surface area is 106 Å². The van der Waals surface area contributed by atoms with Gasteiger partial charge in [-0.2, -0.15) is 0 Å². The van der Waals surface area contributed by atoms with Crippen LogP contribution in [0.4, 0.5) is 5.69 Å². The fraction of sp³-hybridized carbons (Fsp3) is 0.385. The zero-order chi connectivity index (χ0) is 13.1. The molecule has 0 aliphatic carbocycles. The Morgan fingerprint density at radius 2 is 2.22 bits per heavy atom. The van der Waals surface area contributed by atoms with E-state index < -0.39 is 0 Å². The van der Waals surface area contributed by atoms with Crippen LogP contribution in [0.25, 0.3) is 0 Å². The van der Waals surface area contributed by atoms with Gasteiger partial charge in [-0.1, -0.05) is 6.07 Å².